The molecule has 0 spiro atoms. The van der Waals surface area contributed by atoms with Crippen molar-refractivity contribution in [1.82, 2.24) is 25.1 Å². The fourth-order valence-electron chi connectivity index (χ4n) is 1.51. The Balaban J connectivity index is 1.89. The minimum absolute atomic E-state index is 0.275. The maximum atomic E-state index is 11.7. The van der Waals surface area contributed by atoms with Gasteiger partial charge in [0.2, 0.25) is 5.56 Å². The van der Waals surface area contributed by atoms with Gasteiger partial charge in [-0.3, -0.25) is 9.59 Å². The van der Waals surface area contributed by atoms with E-state index in [9.17, 15) is 9.59 Å². The number of aromatic nitrogens is 4. The van der Waals surface area contributed by atoms with Crippen LogP contribution in [-0.4, -0.2) is 32.2 Å². The van der Waals surface area contributed by atoms with Gasteiger partial charge in [0.25, 0.3) is 5.91 Å². The van der Waals surface area contributed by atoms with Crippen LogP contribution in [0.4, 0.5) is 0 Å². The van der Waals surface area contributed by atoms with Crippen molar-refractivity contribution in [1.29, 1.82) is 0 Å². The van der Waals surface area contributed by atoms with Crippen LogP contribution in [0.5, 0.6) is 0 Å². The van der Waals surface area contributed by atoms with Crippen LogP contribution < -0.4 is 10.9 Å². The lowest BCUT2D eigenvalue weighted by Crippen LogP contribution is -2.27. The van der Waals surface area contributed by atoms with E-state index in [-0.39, 0.29) is 11.5 Å². The molecule has 0 aliphatic heterocycles. The highest BCUT2D eigenvalue weighted by Gasteiger charge is 2.06. The Hall–Kier alpha value is -2.44. The molecule has 0 atom stereocenters. The van der Waals surface area contributed by atoms with Crippen LogP contribution in [0.25, 0.3) is 0 Å². The van der Waals surface area contributed by atoms with Crippen LogP contribution in [0.15, 0.2) is 29.5 Å². The Labute approximate surface area is 103 Å². The van der Waals surface area contributed by atoms with E-state index >= 15 is 0 Å². The molecule has 94 valence electrons. The van der Waals surface area contributed by atoms with Crippen LogP contribution in [0.2, 0.25) is 0 Å². The monoisotopic (exact) mass is 247 g/mol. The molecule has 0 saturated heterocycles. The quantitative estimate of drug-likeness (QED) is 0.760. The molecular weight excluding hydrogens is 234 g/mol. The smallest absolute Gasteiger partial charge is 0.251 e. The first kappa shape index (κ1) is 12.0. The number of nitrogens with one attached hydrogen (secondary N) is 2. The Bertz CT molecular complexity index is 601. The Morgan fingerprint density at radius 1 is 1.56 bits per heavy atom. The number of aryl methyl sites for hydroxylation is 1. The molecule has 18 heavy (non-hydrogen) atoms. The number of pyridine rings is 1. The number of nitrogens with zero attached hydrogens (tertiary/aromatic N) is 3. The van der Waals surface area contributed by atoms with Gasteiger partial charge in [-0.15, -0.1) is 10.2 Å². The Kier molecular flexibility index (Phi) is 3.52. The van der Waals surface area contributed by atoms with Crippen LogP contribution >= 0.6 is 0 Å². The number of aromatic amines is 1. The number of hydrogen-bond donors (Lipinski definition) is 2. The Morgan fingerprint density at radius 3 is 3.06 bits per heavy atom. The third-order valence-electron chi connectivity index (χ3n) is 2.48. The average molecular weight is 247 g/mol. The molecule has 1 amide bonds. The van der Waals surface area contributed by atoms with Crippen molar-refractivity contribution in [3.8, 4) is 0 Å². The van der Waals surface area contributed by atoms with Crippen LogP contribution in [0.1, 0.15) is 16.2 Å². The van der Waals surface area contributed by atoms with Crippen LogP contribution in [0.3, 0.4) is 0 Å². The van der Waals surface area contributed by atoms with Gasteiger partial charge in [-0.25, -0.2) is 0 Å². The summed E-state index contributed by atoms with van der Waals surface area (Å²) in [5.74, 6) is 0.518. The average Bonchev–Trinajstić information content (AvgIpc) is 2.75. The fraction of sp³-hybridized carbons (Fsp3) is 0.273. The number of H-pyrrole nitrogens is 1. The molecule has 2 rings (SSSR count). The van der Waals surface area contributed by atoms with E-state index in [2.05, 4.69) is 20.5 Å². The summed E-state index contributed by atoms with van der Waals surface area (Å²) in [6, 6.07) is 2.82. The first-order valence-corrected chi connectivity index (χ1v) is 5.46. The topological polar surface area (TPSA) is 92.7 Å². The summed E-state index contributed by atoms with van der Waals surface area (Å²) in [5, 5.41) is 10.4. The molecule has 2 aromatic rings. The summed E-state index contributed by atoms with van der Waals surface area (Å²) >= 11 is 0. The Morgan fingerprint density at radius 2 is 2.39 bits per heavy atom. The SMILES string of the molecule is Cn1cnnc1CCNC(=O)c1cc[nH]c(=O)c1. The third-order valence-corrected chi connectivity index (χ3v) is 2.48. The molecule has 0 aliphatic carbocycles. The maximum Gasteiger partial charge on any atom is 0.251 e. The van der Waals surface area contributed by atoms with Crippen LogP contribution in [-0.2, 0) is 13.5 Å². The summed E-state index contributed by atoms with van der Waals surface area (Å²) in [4.78, 5) is 25.2. The predicted octanol–water partition coefficient (Wildman–Crippen LogP) is -0.524. The summed E-state index contributed by atoms with van der Waals surface area (Å²) in [7, 11) is 1.84. The predicted molar refractivity (Wildman–Crippen MR) is 64.1 cm³/mol. The molecule has 0 radical (unpaired) electrons. The largest absolute Gasteiger partial charge is 0.352 e. The molecule has 0 unspecified atom stereocenters. The molecule has 0 aliphatic rings. The first-order valence-electron chi connectivity index (χ1n) is 5.46. The van der Waals surface area contributed by atoms with E-state index in [1.165, 1.54) is 12.3 Å². The number of rotatable bonds is 4. The van der Waals surface area contributed by atoms with Crippen molar-refractivity contribution in [2.75, 3.05) is 6.54 Å². The van der Waals surface area contributed by atoms with Crippen LogP contribution in [0, 0.1) is 0 Å². The summed E-state index contributed by atoms with van der Waals surface area (Å²) in [6.45, 7) is 0.443. The zero-order chi connectivity index (χ0) is 13.0. The van der Waals surface area contributed by atoms with Crippen molar-refractivity contribution in [3.05, 3.63) is 46.4 Å². The molecule has 2 N–H and O–H groups in total. The second-order valence-corrected chi connectivity index (χ2v) is 3.81. The second kappa shape index (κ2) is 5.26. The van der Waals surface area contributed by atoms with Crippen molar-refractivity contribution < 1.29 is 4.79 Å². The molecule has 7 nitrogen and oxygen atoms in total. The summed E-state index contributed by atoms with van der Waals surface area (Å²) < 4.78 is 1.79. The number of carbonyl (C=O) groups is 1. The van der Waals surface area contributed by atoms with Crippen molar-refractivity contribution in [3.63, 3.8) is 0 Å². The molecule has 0 fully saturated rings. The van der Waals surface area contributed by atoms with Gasteiger partial charge in [-0.2, -0.15) is 0 Å². The van der Waals surface area contributed by atoms with Crippen molar-refractivity contribution in [2.45, 2.75) is 6.42 Å². The normalized spacial score (nSPS) is 10.3. The van der Waals surface area contributed by atoms with Gasteiger partial charge in [0, 0.05) is 37.8 Å². The standard InChI is InChI=1S/C11H13N5O2/c1-16-7-14-15-9(16)3-5-13-11(18)8-2-4-12-10(17)6-8/h2,4,6-7H,3,5H2,1H3,(H,12,17)(H,13,18). The number of hydrogen-bond acceptors (Lipinski definition) is 4. The first-order chi connectivity index (χ1) is 8.66. The van der Waals surface area contributed by atoms with Gasteiger partial charge >= 0.3 is 0 Å². The molecule has 2 heterocycles. The molecule has 7 heteroatoms. The summed E-state index contributed by atoms with van der Waals surface area (Å²) in [6.07, 6.45) is 3.64. The minimum Gasteiger partial charge on any atom is -0.352 e. The lowest BCUT2D eigenvalue weighted by Gasteiger charge is -2.04. The zero-order valence-corrected chi connectivity index (χ0v) is 9.88. The lowest BCUT2D eigenvalue weighted by atomic mass is 10.2. The minimum atomic E-state index is -0.295. The highest BCUT2D eigenvalue weighted by Crippen LogP contribution is 1.94. The van der Waals surface area contributed by atoms with E-state index in [0.717, 1.165) is 5.82 Å². The van der Waals surface area contributed by atoms with E-state index < -0.39 is 0 Å². The van der Waals surface area contributed by atoms with Gasteiger partial charge in [-0.05, 0) is 6.07 Å². The second-order valence-electron chi connectivity index (χ2n) is 3.81. The summed E-state index contributed by atoms with van der Waals surface area (Å²) in [5.41, 5.74) is 0.0488. The molecule has 2 aromatic heterocycles. The molecule has 0 aromatic carbocycles. The third kappa shape index (κ3) is 2.82. The van der Waals surface area contributed by atoms with E-state index in [1.807, 2.05) is 7.05 Å². The molecular formula is C11H13N5O2. The zero-order valence-electron chi connectivity index (χ0n) is 9.88. The van der Waals surface area contributed by atoms with Crippen molar-refractivity contribution in [2.24, 2.45) is 7.05 Å². The van der Waals surface area contributed by atoms with Crippen molar-refractivity contribution >= 4 is 5.91 Å². The number of carbonyl (C=O) groups excluding carboxylic acids is 1. The molecule has 0 bridgehead atoms. The van der Waals surface area contributed by atoms with E-state index in [0.29, 0.717) is 18.5 Å². The van der Waals surface area contributed by atoms with E-state index in [4.69, 9.17) is 0 Å². The van der Waals surface area contributed by atoms with E-state index in [1.54, 1.807) is 17.0 Å². The van der Waals surface area contributed by atoms with Gasteiger partial charge in [-0.1, -0.05) is 0 Å². The fourth-order valence-corrected chi connectivity index (χ4v) is 1.51. The van der Waals surface area contributed by atoms with Gasteiger partial charge in [0.15, 0.2) is 0 Å². The highest BCUT2D eigenvalue weighted by atomic mass is 16.2. The van der Waals surface area contributed by atoms with Gasteiger partial charge < -0.3 is 14.9 Å². The number of amides is 1. The molecule has 0 saturated carbocycles. The highest BCUT2D eigenvalue weighted by molar-refractivity contribution is 5.93. The van der Waals surface area contributed by atoms with Gasteiger partial charge in [0.1, 0.15) is 12.2 Å². The maximum absolute atomic E-state index is 11.7. The lowest BCUT2D eigenvalue weighted by molar-refractivity contribution is 0.0953. The van der Waals surface area contributed by atoms with Gasteiger partial charge in [0.05, 0.1) is 0 Å².